The molecule has 6 heteroatoms. The molecule has 2 aromatic heterocycles. The lowest BCUT2D eigenvalue weighted by Crippen LogP contribution is -2.07. The van der Waals surface area contributed by atoms with E-state index in [2.05, 4.69) is 15.3 Å². The highest BCUT2D eigenvalue weighted by Gasteiger charge is 2.09. The van der Waals surface area contributed by atoms with E-state index in [0.29, 0.717) is 18.1 Å². The number of anilines is 1. The summed E-state index contributed by atoms with van der Waals surface area (Å²) in [5, 5.41) is 12.1. The quantitative estimate of drug-likeness (QED) is 0.851. The van der Waals surface area contributed by atoms with Gasteiger partial charge in [-0.1, -0.05) is 6.07 Å². The van der Waals surface area contributed by atoms with Gasteiger partial charge in [-0.3, -0.25) is 4.98 Å². The van der Waals surface area contributed by atoms with Crippen LogP contribution in [-0.2, 0) is 6.54 Å². The fourth-order valence-corrected chi connectivity index (χ4v) is 1.56. The minimum absolute atomic E-state index is 0.191. The van der Waals surface area contributed by atoms with Gasteiger partial charge in [-0.05, 0) is 11.6 Å². The van der Waals surface area contributed by atoms with Crippen molar-refractivity contribution >= 4 is 11.7 Å². The number of hydrogen-bond donors (Lipinski definition) is 2. The highest BCUT2D eigenvalue weighted by Crippen LogP contribution is 2.15. The van der Waals surface area contributed by atoms with Crippen molar-refractivity contribution in [3.63, 3.8) is 0 Å². The third-order valence-corrected chi connectivity index (χ3v) is 2.54. The fraction of sp³-hybridized carbons (Fsp3) is 0.154. The number of nitrogens with zero attached hydrogens (tertiary/aromatic N) is 2. The van der Waals surface area contributed by atoms with Gasteiger partial charge in [0.05, 0.1) is 24.6 Å². The van der Waals surface area contributed by atoms with Gasteiger partial charge >= 0.3 is 5.97 Å². The average Bonchev–Trinajstić information content (AvgIpc) is 2.46. The number of hydrogen-bond acceptors (Lipinski definition) is 5. The van der Waals surface area contributed by atoms with Crippen molar-refractivity contribution < 1.29 is 14.6 Å². The minimum atomic E-state index is -0.988. The molecule has 0 amide bonds. The maximum absolute atomic E-state index is 11.0. The van der Waals surface area contributed by atoms with Crippen LogP contribution in [0.1, 0.15) is 15.9 Å². The van der Waals surface area contributed by atoms with Gasteiger partial charge in [-0.2, -0.15) is 0 Å². The SMILES string of the molecule is COc1ccc(CNc2cnccc2C(=O)O)cn1. The second-order valence-corrected chi connectivity index (χ2v) is 3.79. The number of aromatic nitrogens is 2. The van der Waals surface area contributed by atoms with Gasteiger partial charge in [0.1, 0.15) is 0 Å². The molecule has 0 bridgehead atoms. The number of ether oxygens (including phenoxy) is 1. The highest BCUT2D eigenvalue weighted by atomic mass is 16.5. The largest absolute Gasteiger partial charge is 0.481 e. The summed E-state index contributed by atoms with van der Waals surface area (Å²) in [6.45, 7) is 0.461. The number of pyridine rings is 2. The van der Waals surface area contributed by atoms with Gasteiger partial charge in [0, 0.05) is 25.0 Å². The Morgan fingerprint density at radius 3 is 2.84 bits per heavy atom. The average molecular weight is 259 g/mol. The summed E-state index contributed by atoms with van der Waals surface area (Å²) in [7, 11) is 1.55. The van der Waals surface area contributed by atoms with Crippen LogP contribution >= 0.6 is 0 Å². The Bertz CT molecular complexity index is 570. The smallest absolute Gasteiger partial charge is 0.337 e. The molecule has 0 aliphatic rings. The van der Waals surface area contributed by atoms with Crippen molar-refractivity contribution in [3.05, 3.63) is 47.9 Å². The van der Waals surface area contributed by atoms with Crippen molar-refractivity contribution in [1.82, 2.24) is 9.97 Å². The molecular formula is C13H13N3O3. The van der Waals surface area contributed by atoms with E-state index < -0.39 is 5.97 Å². The van der Waals surface area contributed by atoms with E-state index in [1.54, 1.807) is 19.4 Å². The molecule has 2 heterocycles. The summed E-state index contributed by atoms with van der Waals surface area (Å²) >= 11 is 0. The molecule has 0 spiro atoms. The van der Waals surface area contributed by atoms with Crippen molar-refractivity contribution in [2.75, 3.05) is 12.4 Å². The highest BCUT2D eigenvalue weighted by molar-refractivity contribution is 5.93. The predicted molar refractivity (Wildman–Crippen MR) is 69.3 cm³/mol. The summed E-state index contributed by atoms with van der Waals surface area (Å²) in [4.78, 5) is 19.0. The maximum Gasteiger partial charge on any atom is 0.337 e. The zero-order valence-corrected chi connectivity index (χ0v) is 10.3. The van der Waals surface area contributed by atoms with Gasteiger partial charge in [-0.25, -0.2) is 9.78 Å². The van der Waals surface area contributed by atoms with Crippen LogP contribution in [-0.4, -0.2) is 28.2 Å². The Balaban J connectivity index is 2.07. The molecule has 0 aliphatic heterocycles. The lowest BCUT2D eigenvalue weighted by atomic mass is 10.2. The van der Waals surface area contributed by atoms with E-state index in [1.807, 2.05) is 6.07 Å². The first-order valence-electron chi connectivity index (χ1n) is 5.61. The monoisotopic (exact) mass is 259 g/mol. The molecule has 0 aromatic carbocycles. The Morgan fingerprint density at radius 2 is 2.21 bits per heavy atom. The first-order chi connectivity index (χ1) is 9.20. The van der Waals surface area contributed by atoms with E-state index >= 15 is 0 Å². The zero-order chi connectivity index (χ0) is 13.7. The molecule has 0 saturated heterocycles. The number of methoxy groups -OCH3 is 1. The molecular weight excluding hydrogens is 246 g/mol. The lowest BCUT2D eigenvalue weighted by molar-refractivity contribution is 0.0698. The van der Waals surface area contributed by atoms with Crippen molar-refractivity contribution in [2.45, 2.75) is 6.54 Å². The van der Waals surface area contributed by atoms with Crippen molar-refractivity contribution in [1.29, 1.82) is 0 Å². The first-order valence-corrected chi connectivity index (χ1v) is 5.61. The zero-order valence-electron chi connectivity index (χ0n) is 10.3. The summed E-state index contributed by atoms with van der Waals surface area (Å²) in [5.41, 5.74) is 1.59. The molecule has 0 saturated carbocycles. The molecule has 0 unspecified atom stereocenters. The van der Waals surface area contributed by atoms with Crippen molar-refractivity contribution in [3.8, 4) is 5.88 Å². The standard InChI is InChI=1S/C13H13N3O3/c1-19-12-3-2-9(7-16-12)6-15-11-8-14-5-4-10(11)13(17)18/h2-5,7-8,15H,6H2,1H3,(H,17,18). The van der Waals surface area contributed by atoms with Crippen LogP contribution in [0.15, 0.2) is 36.8 Å². The van der Waals surface area contributed by atoms with E-state index in [9.17, 15) is 4.79 Å². The van der Waals surface area contributed by atoms with Crippen LogP contribution in [0.5, 0.6) is 5.88 Å². The Morgan fingerprint density at radius 1 is 1.37 bits per heavy atom. The van der Waals surface area contributed by atoms with Gasteiger partial charge in [-0.15, -0.1) is 0 Å². The predicted octanol–water partition coefficient (Wildman–Crippen LogP) is 1.80. The molecule has 0 atom stereocenters. The first kappa shape index (κ1) is 12.8. The molecule has 6 nitrogen and oxygen atoms in total. The number of carbonyl (C=O) groups is 1. The summed E-state index contributed by atoms with van der Waals surface area (Å²) < 4.78 is 4.96. The second-order valence-electron chi connectivity index (χ2n) is 3.79. The topological polar surface area (TPSA) is 84.3 Å². The Labute approximate surface area is 110 Å². The molecule has 0 aliphatic carbocycles. The van der Waals surface area contributed by atoms with Crippen LogP contribution in [0.4, 0.5) is 5.69 Å². The molecule has 2 rings (SSSR count). The maximum atomic E-state index is 11.0. The number of aromatic carboxylic acids is 1. The van der Waals surface area contributed by atoms with Crippen LogP contribution < -0.4 is 10.1 Å². The Hall–Kier alpha value is -2.63. The summed E-state index contributed by atoms with van der Waals surface area (Å²) in [5.74, 6) is -0.450. The molecule has 2 N–H and O–H groups in total. The van der Waals surface area contributed by atoms with E-state index in [4.69, 9.17) is 9.84 Å². The van der Waals surface area contributed by atoms with E-state index in [1.165, 1.54) is 18.5 Å². The third kappa shape index (κ3) is 3.19. The fourth-order valence-electron chi connectivity index (χ4n) is 1.56. The second kappa shape index (κ2) is 5.81. The number of carboxylic acid groups (broad SMARTS) is 1. The van der Waals surface area contributed by atoms with Gasteiger partial charge in [0.2, 0.25) is 5.88 Å². The van der Waals surface area contributed by atoms with E-state index in [-0.39, 0.29) is 5.56 Å². The van der Waals surface area contributed by atoms with Gasteiger partial charge < -0.3 is 15.2 Å². The summed E-state index contributed by atoms with van der Waals surface area (Å²) in [6.07, 6.45) is 4.60. The molecule has 0 radical (unpaired) electrons. The normalized spacial score (nSPS) is 9.95. The van der Waals surface area contributed by atoms with Crippen LogP contribution in [0.3, 0.4) is 0 Å². The molecule has 2 aromatic rings. The summed E-state index contributed by atoms with van der Waals surface area (Å²) in [6, 6.07) is 5.06. The number of nitrogens with one attached hydrogen (secondary N) is 1. The number of rotatable bonds is 5. The van der Waals surface area contributed by atoms with Crippen molar-refractivity contribution in [2.24, 2.45) is 0 Å². The van der Waals surface area contributed by atoms with E-state index in [0.717, 1.165) is 5.56 Å². The van der Waals surface area contributed by atoms with Crippen LogP contribution in [0.2, 0.25) is 0 Å². The van der Waals surface area contributed by atoms with Gasteiger partial charge in [0.15, 0.2) is 0 Å². The lowest BCUT2D eigenvalue weighted by Gasteiger charge is -2.08. The Kier molecular flexibility index (Phi) is 3.92. The molecule has 19 heavy (non-hydrogen) atoms. The third-order valence-electron chi connectivity index (χ3n) is 2.54. The minimum Gasteiger partial charge on any atom is -0.481 e. The van der Waals surface area contributed by atoms with Crippen LogP contribution in [0, 0.1) is 0 Å². The van der Waals surface area contributed by atoms with Gasteiger partial charge in [0.25, 0.3) is 0 Å². The number of carboxylic acids is 1. The molecule has 0 fully saturated rings. The van der Waals surface area contributed by atoms with Crippen LogP contribution in [0.25, 0.3) is 0 Å². The molecule has 98 valence electrons.